The molecule has 30 heavy (non-hydrogen) atoms. The number of hydrogen-bond donors (Lipinski definition) is 3. The van der Waals surface area contributed by atoms with Crippen LogP contribution >= 0.6 is 11.3 Å². The van der Waals surface area contributed by atoms with Gasteiger partial charge in [-0.25, -0.2) is 0 Å². The Kier molecular flexibility index (Phi) is 4.38. The van der Waals surface area contributed by atoms with Gasteiger partial charge in [0.2, 0.25) is 5.78 Å². The highest BCUT2D eigenvalue weighted by atomic mass is 32.1. The average molecular weight is 411 g/mol. The summed E-state index contributed by atoms with van der Waals surface area (Å²) in [6, 6.07) is 24.0. The number of phenols is 1. The summed E-state index contributed by atoms with van der Waals surface area (Å²) in [4.78, 5) is 16.7. The molecular formula is C25H17NO3S. The summed E-state index contributed by atoms with van der Waals surface area (Å²) >= 11 is 1.39. The smallest absolute Gasteiger partial charge is 0.203 e. The minimum absolute atomic E-state index is 0.0362. The maximum atomic E-state index is 13.3. The molecule has 2 heterocycles. The first-order valence-corrected chi connectivity index (χ1v) is 10.3. The van der Waals surface area contributed by atoms with Gasteiger partial charge in [-0.05, 0) is 29.3 Å². The Morgan fingerprint density at radius 1 is 0.800 bits per heavy atom. The Balaban J connectivity index is 1.66. The van der Waals surface area contributed by atoms with E-state index in [-0.39, 0.29) is 17.4 Å². The van der Waals surface area contributed by atoms with Crippen LogP contribution < -0.4 is 0 Å². The Morgan fingerprint density at radius 3 is 2.23 bits per heavy atom. The van der Waals surface area contributed by atoms with Gasteiger partial charge in [0.05, 0.1) is 4.88 Å². The SMILES string of the molecule is O=C(c1ccccc1)c1sc2cc(O)ccc2c1-c1ccc(-c2c[nH]c(O)c2)cc1. The van der Waals surface area contributed by atoms with E-state index in [0.717, 1.165) is 32.3 Å². The molecule has 5 rings (SSSR count). The first-order valence-electron chi connectivity index (χ1n) is 9.43. The maximum Gasteiger partial charge on any atom is 0.203 e. The van der Waals surface area contributed by atoms with Gasteiger partial charge in [-0.1, -0.05) is 54.6 Å². The Hall–Kier alpha value is -3.83. The van der Waals surface area contributed by atoms with Gasteiger partial charge in [-0.3, -0.25) is 4.79 Å². The first-order chi connectivity index (χ1) is 14.6. The molecule has 0 saturated heterocycles. The molecule has 0 saturated carbocycles. The van der Waals surface area contributed by atoms with Crippen molar-refractivity contribution in [3.05, 3.63) is 95.5 Å². The molecule has 5 heteroatoms. The van der Waals surface area contributed by atoms with Crippen molar-refractivity contribution in [1.29, 1.82) is 0 Å². The number of carbonyl (C=O) groups excluding carboxylic acids is 1. The molecule has 0 atom stereocenters. The van der Waals surface area contributed by atoms with Crippen molar-refractivity contribution in [2.75, 3.05) is 0 Å². The van der Waals surface area contributed by atoms with Crippen LogP contribution in [0.15, 0.2) is 85.1 Å². The molecule has 0 fully saturated rings. The monoisotopic (exact) mass is 411 g/mol. The number of nitrogens with one attached hydrogen (secondary N) is 1. The molecule has 2 aromatic heterocycles. The van der Waals surface area contributed by atoms with Gasteiger partial charge in [-0.15, -0.1) is 11.3 Å². The maximum absolute atomic E-state index is 13.3. The van der Waals surface area contributed by atoms with E-state index in [0.29, 0.717) is 10.4 Å². The van der Waals surface area contributed by atoms with Gasteiger partial charge >= 0.3 is 0 Å². The predicted molar refractivity (Wildman–Crippen MR) is 120 cm³/mol. The van der Waals surface area contributed by atoms with Crippen molar-refractivity contribution in [2.24, 2.45) is 0 Å². The molecule has 3 N–H and O–H groups in total. The lowest BCUT2D eigenvalue weighted by Gasteiger charge is -2.07. The largest absolute Gasteiger partial charge is 0.508 e. The van der Waals surface area contributed by atoms with Crippen molar-refractivity contribution in [3.8, 4) is 33.9 Å². The van der Waals surface area contributed by atoms with E-state index in [1.807, 2.05) is 60.7 Å². The summed E-state index contributed by atoms with van der Waals surface area (Å²) < 4.78 is 0.865. The van der Waals surface area contributed by atoms with Gasteiger partial charge in [0.1, 0.15) is 5.75 Å². The zero-order valence-corrected chi connectivity index (χ0v) is 16.6. The summed E-state index contributed by atoms with van der Waals surface area (Å²) in [6.45, 7) is 0. The number of carbonyl (C=O) groups is 1. The minimum Gasteiger partial charge on any atom is -0.508 e. The highest BCUT2D eigenvalue weighted by molar-refractivity contribution is 7.21. The highest BCUT2D eigenvalue weighted by Gasteiger charge is 2.21. The number of aromatic nitrogens is 1. The van der Waals surface area contributed by atoms with Crippen LogP contribution in [0, 0.1) is 0 Å². The number of H-pyrrole nitrogens is 1. The first kappa shape index (κ1) is 18.2. The Bertz CT molecular complexity index is 1370. The van der Waals surface area contributed by atoms with Crippen LogP contribution in [-0.2, 0) is 0 Å². The van der Waals surface area contributed by atoms with Crippen LogP contribution in [0.3, 0.4) is 0 Å². The van der Waals surface area contributed by atoms with Crippen LogP contribution in [0.1, 0.15) is 15.2 Å². The Labute approximate surface area is 176 Å². The van der Waals surface area contributed by atoms with E-state index in [1.54, 1.807) is 24.4 Å². The van der Waals surface area contributed by atoms with E-state index >= 15 is 0 Å². The normalized spacial score (nSPS) is 11.1. The van der Waals surface area contributed by atoms with Crippen molar-refractivity contribution in [2.45, 2.75) is 0 Å². The van der Waals surface area contributed by atoms with Gasteiger partial charge in [0.25, 0.3) is 0 Å². The quantitative estimate of drug-likeness (QED) is 0.308. The van der Waals surface area contributed by atoms with Crippen LogP contribution in [0.4, 0.5) is 0 Å². The van der Waals surface area contributed by atoms with Crippen LogP contribution in [0.2, 0.25) is 0 Å². The molecule has 5 aromatic rings. The number of benzene rings is 3. The molecule has 0 amide bonds. The third kappa shape index (κ3) is 3.15. The number of aromatic amines is 1. The topological polar surface area (TPSA) is 73.3 Å². The zero-order valence-electron chi connectivity index (χ0n) is 15.8. The summed E-state index contributed by atoms with van der Waals surface area (Å²) in [5, 5.41) is 20.4. The predicted octanol–water partition coefficient (Wildman–Crippen LogP) is 6.21. The fraction of sp³-hybridized carbons (Fsp3) is 0. The second-order valence-electron chi connectivity index (χ2n) is 7.03. The van der Waals surface area contributed by atoms with E-state index in [1.165, 1.54) is 11.3 Å². The number of aromatic hydroxyl groups is 2. The highest BCUT2D eigenvalue weighted by Crippen LogP contribution is 2.41. The minimum atomic E-state index is -0.0362. The molecule has 0 aliphatic carbocycles. The molecule has 0 radical (unpaired) electrons. The molecule has 146 valence electrons. The van der Waals surface area contributed by atoms with Crippen molar-refractivity contribution < 1.29 is 15.0 Å². The summed E-state index contributed by atoms with van der Waals surface area (Å²) in [6.07, 6.45) is 1.75. The molecule has 3 aromatic carbocycles. The fourth-order valence-electron chi connectivity index (χ4n) is 3.63. The van der Waals surface area contributed by atoms with E-state index in [9.17, 15) is 15.0 Å². The summed E-state index contributed by atoms with van der Waals surface area (Å²) in [7, 11) is 0. The number of ketones is 1. The van der Waals surface area contributed by atoms with Crippen LogP contribution in [0.25, 0.3) is 32.3 Å². The molecule has 0 aliphatic rings. The molecule has 0 spiro atoms. The van der Waals surface area contributed by atoms with E-state index in [4.69, 9.17) is 0 Å². The molecule has 0 unspecified atom stereocenters. The van der Waals surface area contributed by atoms with Crippen LogP contribution in [0.5, 0.6) is 11.6 Å². The lowest BCUT2D eigenvalue weighted by atomic mass is 9.96. The Morgan fingerprint density at radius 2 is 1.53 bits per heavy atom. The third-order valence-electron chi connectivity index (χ3n) is 5.09. The summed E-state index contributed by atoms with van der Waals surface area (Å²) in [5.41, 5.74) is 4.28. The van der Waals surface area contributed by atoms with Crippen molar-refractivity contribution in [1.82, 2.24) is 4.98 Å². The number of thiophene rings is 1. The molecular weight excluding hydrogens is 394 g/mol. The number of fused-ring (bicyclic) bond motifs is 1. The fourth-order valence-corrected chi connectivity index (χ4v) is 4.85. The van der Waals surface area contributed by atoms with Crippen molar-refractivity contribution >= 4 is 27.2 Å². The number of hydrogen-bond acceptors (Lipinski definition) is 4. The van der Waals surface area contributed by atoms with Gasteiger partial charge in [0.15, 0.2) is 5.88 Å². The average Bonchev–Trinajstić information content (AvgIpc) is 3.37. The molecule has 0 aliphatic heterocycles. The zero-order chi connectivity index (χ0) is 20.7. The third-order valence-corrected chi connectivity index (χ3v) is 6.24. The summed E-state index contributed by atoms with van der Waals surface area (Å²) in [5.74, 6) is 0.260. The second kappa shape index (κ2) is 7.21. The van der Waals surface area contributed by atoms with Gasteiger partial charge in [-0.2, -0.15) is 0 Å². The van der Waals surface area contributed by atoms with Gasteiger partial charge in [0, 0.05) is 39.0 Å². The lowest BCUT2D eigenvalue weighted by molar-refractivity contribution is 0.104. The second-order valence-corrected chi connectivity index (χ2v) is 8.08. The number of phenolic OH excluding ortho intramolecular Hbond substituents is 1. The van der Waals surface area contributed by atoms with E-state index in [2.05, 4.69) is 4.98 Å². The molecule has 4 nitrogen and oxygen atoms in total. The standard InChI is InChI=1S/C25H17NO3S/c27-19-10-11-20-21(13-19)30-25(24(29)17-4-2-1-3-5-17)23(20)16-8-6-15(7-9-16)18-12-22(28)26-14-18/h1-14,26-28H. The van der Waals surface area contributed by atoms with E-state index < -0.39 is 0 Å². The van der Waals surface area contributed by atoms with Crippen molar-refractivity contribution in [3.63, 3.8) is 0 Å². The lowest BCUT2D eigenvalue weighted by Crippen LogP contribution is -2.00. The molecule has 0 bridgehead atoms. The van der Waals surface area contributed by atoms with Crippen LogP contribution in [-0.4, -0.2) is 21.0 Å². The number of rotatable bonds is 4. The van der Waals surface area contributed by atoms with Gasteiger partial charge < -0.3 is 15.2 Å².